The number of thiazole rings is 1. The molecule has 3 heterocycles. The highest BCUT2D eigenvalue weighted by Crippen LogP contribution is 2.34. The first-order valence-electron chi connectivity index (χ1n) is 11.5. The van der Waals surface area contributed by atoms with E-state index >= 15 is 0 Å². The van der Waals surface area contributed by atoms with Crippen LogP contribution in [0, 0.1) is 5.92 Å². The molecule has 3 aromatic heterocycles. The number of aromatic nitrogens is 3. The largest absolute Gasteiger partial charge is 0.446 e. The predicted molar refractivity (Wildman–Crippen MR) is 128 cm³/mol. The Labute approximate surface area is 194 Å². The van der Waals surface area contributed by atoms with Gasteiger partial charge in [-0.3, -0.25) is 14.3 Å². The fourth-order valence-corrected chi connectivity index (χ4v) is 5.33. The van der Waals surface area contributed by atoms with Crippen LogP contribution in [0.3, 0.4) is 0 Å². The normalized spacial score (nSPS) is 16.8. The van der Waals surface area contributed by atoms with Gasteiger partial charge in [-0.05, 0) is 68.4 Å². The highest BCUT2D eigenvalue weighted by Gasteiger charge is 2.30. The molecule has 6 rings (SSSR count). The summed E-state index contributed by atoms with van der Waals surface area (Å²) in [5.41, 5.74) is 4.22. The van der Waals surface area contributed by atoms with Crippen LogP contribution in [-0.2, 0) is 9.53 Å². The number of benzene rings is 1. The van der Waals surface area contributed by atoms with Crippen LogP contribution in [0.15, 0.2) is 42.7 Å². The molecule has 0 saturated heterocycles. The van der Waals surface area contributed by atoms with Crippen LogP contribution in [0.1, 0.15) is 44.9 Å². The highest BCUT2D eigenvalue weighted by molar-refractivity contribution is 7.22. The van der Waals surface area contributed by atoms with Gasteiger partial charge >= 0.3 is 6.09 Å². The summed E-state index contributed by atoms with van der Waals surface area (Å²) in [6.07, 6.45) is 10.5. The van der Waals surface area contributed by atoms with E-state index in [4.69, 9.17) is 4.74 Å². The summed E-state index contributed by atoms with van der Waals surface area (Å²) < 4.78 is 8.30. The van der Waals surface area contributed by atoms with E-state index in [9.17, 15) is 9.59 Å². The smallest absolute Gasteiger partial charge is 0.418 e. The van der Waals surface area contributed by atoms with Crippen molar-refractivity contribution in [3.8, 4) is 11.1 Å². The van der Waals surface area contributed by atoms with E-state index in [0.29, 0.717) is 5.13 Å². The van der Waals surface area contributed by atoms with E-state index in [1.54, 1.807) is 10.8 Å². The Hall–Kier alpha value is -3.26. The van der Waals surface area contributed by atoms with Crippen molar-refractivity contribution in [2.75, 3.05) is 5.32 Å². The standard InChI is InChI=1S/C25H24N4O3S/c30-23(15-6-7-15)28-24-27-20-9-8-16(13-22(20)33-24)17-12-21-19(26-14-17)10-11-29(21)25(31)32-18-4-2-1-3-5-18/h8-15,18H,1-7H2,(H,27,28,30). The molecule has 0 aliphatic heterocycles. The minimum Gasteiger partial charge on any atom is -0.446 e. The molecule has 7 nitrogen and oxygen atoms in total. The Morgan fingerprint density at radius 3 is 2.67 bits per heavy atom. The van der Waals surface area contributed by atoms with E-state index in [0.717, 1.165) is 70.9 Å². The molecule has 1 aromatic carbocycles. The first kappa shape index (κ1) is 20.4. The zero-order valence-corrected chi connectivity index (χ0v) is 18.9. The van der Waals surface area contributed by atoms with Gasteiger partial charge in [0.2, 0.25) is 5.91 Å². The molecule has 2 aliphatic carbocycles. The molecule has 1 N–H and O–H groups in total. The number of nitrogens with zero attached hydrogens (tertiary/aromatic N) is 3. The third kappa shape index (κ3) is 4.11. The number of carbonyl (C=O) groups excluding carboxylic acids is 2. The summed E-state index contributed by atoms with van der Waals surface area (Å²) in [5, 5.41) is 3.56. The fraction of sp³-hybridized carbons (Fsp3) is 0.360. The molecule has 168 valence electrons. The third-order valence-electron chi connectivity index (χ3n) is 6.45. The van der Waals surface area contributed by atoms with Gasteiger partial charge in [0.15, 0.2) is 5.13 Å². The summed E-state index contributed by atoms with van der Waals surface area (Å²) in [7, 11) is 0. The number of rotatable bonds is 4. The number of anilines is 1. The van der Waals surface area contributed by atoms with Crippen molar-refractivity contribution in [3.63, 3.8) is 0 Å². The van der Waals surface area contributed by atoms with Crippen molar-refractivity contribution in [1.29, 1.82) is 0 Å². The highest BCUT2D eigenvalue weighted by atomic mass is 32.1. The lowest BCUT2D eigenvalue weighted by Crippen LogP contribution is -2.23. The quantitative estimate of drug-likeness (QED) is 0.405. The van der Waals surface area contributed by atoms with E-state index in [2.05, 4.69) is 21.4 Å². The molecule has 0 spiro atoms. The molecule has 0 unspecified atom stereocenters. The maximum absolute atomic E-state index is 12.8. The van der Waals surface area contributed by atoms with Crippen molar-refractivity contribution < 1.29 is 14.3 Å². The minimum atomic E-state index is -0.343. The number of fused-ring (bicyclic) bond motifs is 2. The fourth-order valence-electron chi connectivity index (χ4n) is 4.42. The van der Waals surface area contributed by atoms with Gasteiger partial charge in [-0.2, -0.15) is 0 Å². The van der Waals surface area contributed by atoms with Gasteiger partial charge in [0.25, 0.3) is 0 Å². The Bertz CT molecular complexity index is 1360. The molecular weight excluding hydrogens is 436 g/mol. The second-order valence-corrected chi connectivity index (χ2v) is 9.95. The van der Waals surface area contributed by atoms with Gasteiger partial charge in [-0.25, -0.2) is 9.78 Å². The molecule has 2 saturated carbocycles. The first-order valence-corrected chi connectivity index (χ1v) is 12.4. The topological polar surface area (TPSA) is 86.1 Å². The van der Waals surface area contributed by atoms with Crippen LogP contribution >= 0.6 is 11.3 Å². The van der Waals surface area contributed by atoms with Crippen LogP contribution < -0.4 is 5.32 Å². The van der Waals surface area contributed by atoms with Crippen LogP contribution in [-0.4, -0.2) is 32.6 Å². The lowest BCUT2D eigenvalue weighted by atomic mass is 9.98. The molecule has 33 heavy (non-hydrogen) atoms. The molecular formula is C25H24N4O3S. The van der Waals surface area contributed by atoms with E-state index in [-0.39, 0.29) is 24.0 Å². The van der Waals surface area contributed by atoms with Crippen LogP contribution in [0.4, 0.5) is 9.93 Å². The molecule has 0 atom stereocenters. The Balaban J connectivity index is 1.27. The maximum Gasteiger partial charge on any atom is 0.418 e. The van der Waals surface area contributed by atoms with Crippen LogP contribution in [0.25, 0.3) is 32.4 Å². The SMILES string of the molecule is O=C(Nc1nc2ccc(-c3cnc4ccn(C(=O)OC5CCCCC5)c4c3)cc2s1)C1CC1. The van der Waals surface area contributed by atoms with E-state index < -0.39 is 0 Å². The minimum absolute atomic E-state index is 0.00294. The van der Waals surface area contributed by atoms with Crippen molar-refractivity contribution >= 4 is 49.7 Å². The molecule has 2 aliphatic rings. The Morgan fingerprint density at radius 2 is 1.85 bits per heavy atom. The Kier molecular flexibility index (Phi) is 5.10. The van der Waals surface area contributed by atoms with Gasteiger partial charge in [-0.1, -0.05) is 23.8 Å². The second kappa shape index (κ2) is 8.26. The molecule has 4 aromatic rings. The maximum atomic E-state index is 12.8. The summed E-state index contributed by atoms with van der Waals surface area (Å²) in [4.78, 5) is 34.0. The zero-order valence-electron chi connectivity index (χ0n) is 18.1. The lowest BCUT2D eigenvalue weighted by molar-refractivity contribution is -0.117. The van der Waals surface area contributed by atoms with Crippen LogP contribution in [0.5, 0.6) is 0 Å². The van der Waals surface area contributed by atoms with E-state index in [1.165, 1.54) is 17.8 Å². The number of carbonyl (C=O) groups is 2. The second-order valence-electron chi connectivity index (χ2n) is 8.92. The average Bonchev–Trinajstić information content (AvgIpc) is 3.48. The van der Waals surface area contributed by atoms with E-state index in [1.807, 2.05) is 30.5 Å². The number of hydrogen-bond donors (Lipinski definition) is 1. The first-order chi connectivity index (χ1) is 16.1. The monoisotopic (exact) mass is 460 g/mol. The Morgan fingerprint density at radius 1 is 1.00 bits per heavy atom. The predicted octanol–water partition coefficient (Wildman–Crippen LogP) is 5.98. The molecule has 0 bridgehead atoms. The molecule has 0 radical (unpaired) electrons. The van der Waals surface area contributed by atoms with Crippen molar-refractivity contribution in [1.82, 2.24) is 14.5 Å². The lowest BCUT2D eigenvalue weighted by Gasteiger charge is -2.21. The summed E-state index contributed by atoms with van der Waals surface area (Å²) in [5.74, 6) is 0.205. The summed E-state index contributed by atoms with van der Waals surface area (Å²) in [6.45, 7) is 0. The summed E-state index contributed by atoms with van der Waals surface area (Å²) >= 11 is 1.47. The van der Waals surface area contributed by atoms with Gasteiger partial charge in [-0.15, -0.1) is 0 Å². The van der Waals surface area contributed by atoms with Gasteiger partial charge in [0.05, 0.1) is 21.3 Å². The number of hydrogen-bond acceptors (Lipinski definition) is 6. The van der Waals surface area contributed by atoms with Gasteiger partial charge in [0.1, 0.15) is 6.10 Å². The number of amides is 1. The number of ether oxygens (including phenoxy) is 1. The van der Waals surface area contributed by atoms with Crippen molar-refractivity contribution in [2.45, 2.75) is 51.0 Å². The molecule has 1 amide bonds. The molecule has 8 heteroatoms. The summed E-state index contributed by atoms with van der Waals surface area (Å²) in [6, 6.07) is 9.81. The van der Waals surface area contributed by atoms with Gasteiger partial charge < -0.3 is 10.1 Å². The van der Waals surface area contributed by atoms with Gasteiger partial charge in [0, 0.05) is 23.9 Å². The van der Waals surface area contributed by atoms with Crippen molar-refractivity contribution in [2.24, 2.45) is 5.92 Å². The third-order valence-corrected chi connectivity index (χ3v) is 7.39. The van der Waals surface area contributed by atoms with Crippen LogP contribution in [0.2, 0.25) is 0 Å². The number of nitrogens with one attached hydrogen (secondary N) is 1. The van der Waals surface area contributed by atoms with Crippen molar-refractivity contribution in [3.05, 3.63) is 42.7 Å². The zero-order chi connectivity index (χ0) is 22.4. The average molecular weight is 461 g/mol. The number of pyridine rings is 1. The molecule has 2 fully saturated rings.